The fourth-order valence-electron chi connectivity index (χ4n) is 6.18. The smallest absolute Gasteiger partial charge is 0.233 e. The van der Waals surface area contributed by atoms with Crippen LogP contribution in [0.2, 0.25) is 0 Å². The molecule has 3 aliphatic rings. The Labute approximate surface area is 166 Å². The first kappa shape index (κ1) is 21.0. The third kappa shape index (κ3) is 2.81. The molecule has 0 aliphatic heterocycles. The lowest BCUT2D eigenvalue weighted by Crippen LogP contribution is -2.57. The van der Waals surface area contributed by atoms with E-state index in [4.69, 9.17) is 0 Å². The number of hydrogen-bond donors (Lipinski definition) is 2. The van der Waals surface area contributed by atoms with E-state index in [1.54, 1.807) is 13.8 Å². The number of aliphatic hydroxyl groups excluding tert-OH is 1. The maximum atomic E-state index is 13.3. The predicted molar refractivity (Wildman–Crippen MR) is 106 cm³/mol. The molecule has 0 bridgehead atoms. The Morgan fingerprint density at radius 1 is 1.11 bits per heavy atom. The van der Waals surface area contributed by atoms with Crippen LogP contribution in [0.15, 0.2) is 22.5 Å². The zero-order valence-electron chi connectivity index (χ0n) is 17.8. The van der Waals surface area contributed by atoms with Gasteiger partial charge in [0.05, 0.1) is 0 Å². The SMILES string of the molecule is CC(=O)CC1(O)C[C@H]2C(C)(C)CCC[C@]2(C)C2=C1C(O)=C(C(C)C)C(=O)C2=O. The van der Waals surface area contributed by atoms with Crippen molar-refractivity contribution in [2.75, 3.05) is 0 Å². The van der Waals surface area contributed by atoms with Gasteiger partial charge in [-0.2, -0.15) is 0 Å². The minimum Gasteiger partial charge on any atom is -0.507 e. The van der Waals surface area contributed by atoms with Gasteiger partial charge in [-0.25, -0.2) is 0 Å². The highest BCUT2D eigenvalue weighted by Gasteiger charge is 2.61. The first-order chi connectivity index (χ1) is 12.8. The zero-order valence-corrected chi connectivity index (χ0v) is 17.8. The molecule has 5 nitrogen and oxygen atoms in total. The van der Waals surface area contributed by atoms with Crippen molar-refractivity contribution in [3.8, 4) is 0 Å². The van der Waals surface area contributed by atoms with E-state index in [2.05, 4.69) is 13.8 Å². The van der Waals surface area contributed by atoms with Gasteiger partial charge in [-0.3, -0.25) is 14.4 Å². The molecule has 3 atom stereocenters. The summed E-state index contributed by atoms with van der Waals surface area (Å²) in [5, 5.41) is 22.7. The van der Waals surface area contributed by atoms with E-state index < -0.39 is 22.6 Å². The van der Waals surface area contributed by atoms with Crippen LogP contribution >= 0.6 is 0 Å². The van der Waals surface area contributed by atoms with E-state index in [0.717, 1.165) is 19.3 Å². The van der Waals surface area contributed by atoms with Crippen LogP contribution in [-0.4, -0.2) is 33.2 Å². The summed E-state index contributed by atoms with van der Waals surface area (Å²) in [4.78, 5) is 38.2. The second-order valence-corrected chi connectivity index (χ2v) is 10.3. The molecule has 0 heterocycles. The quantitative estimate of drug-likeness (QED) is 0.566. The Balaban J connectivity index is 2.38. The van der Waals surface area contributed by atoms with Crippen LogP contribution in [0.4, 0.5) is 0 Å². The summed E-state index contributed by atoms with van der Waals surface area (Å²) >= 11 is 0. The van der Waals surface area contributed by atoms with Crippen molar-refractivity contribution in [1.82, 2.24) is 0 Å². The number of aliphatic hydroxyl groups is 2. The van der Waals surface area contributed by atoms with E-state index in [1.165, 1.54) is 6.92 Å². The van der Waals surface area contributed by atoms with Crippen molar-refractivity contribution < 1.29 is 24.6 Å². The molecule has 0 aromatic carbocycles. The third-order valence-corrected chi connectivity index (χ3v) is 7.35. The number of fused-ring (bicyclic) bond motifs is 2. The molecule has 1 unspecified atom stereocenters. The molecule has 3 rings (SSSR count). The molecule has 1 saturated carbocycles. The van der Waals surface area contributed by atoms with Gasteiger partial charge in [0.2, 0.25) is 11.6 Å². The van der Waals surface area contributed by atoms with Crippen LogP contribution in [0.3, 0.4) is 0 Å². The topological polar surface area (TPSA) is 91.7 Å². The molecular formula is C23H32O5. The number of rotatable bonds is 3. The number of carbonyl (C=O) groups is 3. The largest absolute Gasteiger partial charge is 0.507 e. The Bertz CT molecular complexity index is 828. The van der Waals surface area contributed by atoms with E-state index in [1.807, 2.05) is 6.92 Å². The van der Waals surface area contributed by atoms with Gasteiger partial charge in [-0.15, -0.1) is 0 Å². The van der Waals surface area contributed by atoms with E-state index in [9.17, 15) is 24.6 Å². The summed E-state index contributed by atoms with van der Waals surface area (Å²) < 4.78 is 0. The molecule has 0 saturated heterocycles. The summed E-state index contributed by atoms with van der Waals surface area (Å²) in [6, 6.07) is 0. The van der Waals surface area contributed by atoms with Crippen LogP contribution in [0.25, 0.3) is 0 Å². The fraction of sp³-hybridized carbons (Fsp3) is 0.696. The van der Waals surface area contributed by atoms with Crippen molar-refractivity contribution in [3.63, 3.8) is 0 Å². The van der Waals surface area contributed by atoms with Crippen LogP contribution in [0.1, 0.15) is 73.6 Å². The number of carbonyl (C=O) groups excluding carboxylic acids is 3. The van der Waals surface area contributed by atoms with Gasteiger partial charge in [0.15, 0.2) is 0 Å². The molecule has 0 radical (unpaired) electrons. The lowest BCUT2D eigenvalue weighted by molar-refractivity contribution is -0.137. The molecule has 154 valence electrons. The minimum absolute atomic E-state index is 0.0443. The van der Waals surface area contributed by atoms with E-state index in [-0.39, 0.29) is 51.9 Å². The highest BCUT2D eigenvalue weighted by Crippen LogP contribution is 2.63. The molecule has 0 spiro atoms. The van der Waals surface area contributed by atoms with Crippen LogP contribution in [0.5, 0.6) is 0 Å². The number of Topliss-reactive ketones (excluding diaryl/α,β-unsaturated/α-hetero) is 3. The first-order valence-corrected chi connectivity index (χ1v) is 10.3. The van der Waals surface area contributed by atoms with Crippen molar-refractivity contribution in [1.29, 1.82) is 0 Å². The molecule has 0 amide bonds. The monoisotopic (exact) mass is 388 g/mol. The minimum atomic E-state index is -1.64. The predicted octanol–water partition coefficient (Wildman–Crippen LogP) is 3.85. The second-order valence-electron chi connectivity index (χ2n) is 10.3. The summed E-state index contributed by atoms with van der Waals surface area (Å²) in [6.07, 6.45) is 2.70. The van der Waals surface area contributed by atoms with Crippen molar-refractivity contribution in [2.45, 2.75) is 79.2 Å². The van der Waals surface area contributed by atoms with E-state index >= 15 is 0 Å². The molecule has 5 heteroatoms. The summed E-state index contributed by atoms with van der Waals surface area (Å²) in [5.41, 5.74) is -1.98. The van der Waals surface area contributed by atoms with Gasteiger partial charge in [0.25, 0.3) is 0 Å². The van der Waals surface area contributed by atoms with Gasteiger partial charge in [0, 0.05) is 28.6 Å². The van der Waals surface area contributed by atoms with Crippen LogP contribution in [0, 0.1) is 22.7 Å². The Kier molecular flexibility index (Phi) is 4.78. The Morgan fingerprint density at radius 2 is 1.71 bits per heavy atom. The van der Waals surface area contributed by atoms with Gasteiger partial charge in [-0.1, -0.05) is 41.0 Å². The van der Waals surface area contributed by atoms with Crippen LogP contribution in [-0.2, 0) is 14.4 Å². The molecule has 1 fully saturated rings. The lowest BCUT2D eigenvalue weighted by atomic mass is 9.46. The number of hydrogen-bond acceptors (Lipinski definition) is 5. The summed E-state index contributed by atoms with van der Waals surface area (Å²) in [5.74, 6) is -2.23. The summed E-state index contributed by atoms with van der Waals surface area (Å²) in [6.45, 7) is 11.1. The standard InChI is InChI=1S/C23H32O5/c1-12(2)15-18(25)17-16(20(27)19(15)26)22(6)9-7-8-21(4,5)14(22)11-23(17,28)10-13(3)24/h12,14,25,28H,7-11H2,1-6H3/t14-,22-,23?/m0/s1. The molecule has 28 heavy (non-hydrogen) atoms. The van der Waals surface area contributed by atoms with Crippen molar-refractivity contribution >= 4 is 17.3 Å². The average molecular weight is 389 g/mol. The highest BCUT2D eigenvalue weighted by molar-refractivity contribution is 6.50. The summed E-state index contributed by atoms with van der Waals surface area (Å²) in [7, 11) is 0. The molecule has 0 aromatic rings. The van der Waals surface area contributed by atoms with Gasteiger partial charge in [-0.05, 0) is 43.4 Å². The average Bonchev–Trinajstić information content (AvgIpc) is 2.52. The van der Waals surface area contributed by atoms with Gasteiger partial charge in [0.1, 0.15) is 17.1 Å². The zero-order chi connectivity index (χ0) is 21.2. The fourth-order valence-corrected chi connectivity index (χ4v) is 6.18. The van der Waals surface area contributed by atoms with Gasteiger partial charge >= 0.3 is 0 Å². The van der Waals surface area contributed by atoms with Crippen molar-refractivity contribution in [2.24, 2.45) is 22.7 Å². The van der Waals surface area contributed by atoms with E-state index in [0.29, 0.717) is 6.42 Å². The second kappa shape index (κ2) is 6.38. The third-order valence-electron chi connectivity index (χ3n) is 7.35. The van der Waals surface area contributed by atoms with Crippen LogP contribution < -0.4 is 0 Å². The van der Waals surface area contributed by atoms with Crippen molar-refractivity contribution in [3.05, 3.63) is 22.5 Å². The Morgan fingerprint density at radius 3 is 2.25 bits per heavy atom. The lowest BCUT2D eigenvalue weighted by Gasteiger charge is -2.58. The number of allylic oxidation sites excluding steroid dienone is 2. The maximum Gasteiger partial charge on any atom is 0.233 e. The molecule has 3 aliphatic carbocycles. The molecule has 0 aromatic heterocycles. The first-order valence-electron chi connectivity index (χ1n) is 10.3. The highest BCUT2D eigenvalue weighted by atomic mass is 16.3. The molecule has 2 N–H and O–H groups in total. The number of ketones is 3. The normalized spacial score (nSPS) is 35.2. The van der Waals surface area contributed by atoms with Gasteiger partial charge < -0.3 is 10.2 Å². The Hall–Kier alpha value is -1.75. The molecular weight excluding hydrogens is 356 g/mol. The maximum absolute atomic E-state index is 13.3.